The van der Waals surface area contributed by atoms with Gasteiger partial charge >= 0.3 is 0 Å². The predicted molar refractivity (Wildman–Crippen MR) is 76.4 cm³/mol. The quantitative estimate of drug-likeness (QED) is 0.788. The molecule has 3 rings (SSSR count). The van der Waals surface area contributed by atoms with Crippen LogP contribution in [-0.2, 0) is 10.0 Å². The van der Waals surface area contributed by atoms with Crippen molar-refractivity contribution in [3.8, 4) is 11.1 Å². The molecule has 0 saturated carbocycles. The summed E-state index contributed by atoms with van der Waals surface area (Å²) in [5.41, 5.74) is 3.90. The summed E-state index contributed by atoms with van der Waals surface area (Å²) in [5, 5.41) is 5.27. The molecule has 0 amide bonds. The molecule has 0 unspecified atom stereocenters. The highest BCUT2D eigenvalue weighted by Gasteiger charge is 2.16. The third-order valence-corrected chi connectivity index (χ3v) is 4.61. The molecule has 0 aliphatic heterocycles. The first-order valence-electron chi connectivity index (χ1n) is 5.52. The highest BCUT2D eigenvalue weighted by atomic mass is 32.2. The topological polar surface area (TPSA) is 73.1 Å². The van der Waals surface area contributed by atoms with Crippen LogP contribution in [0.1, 0.15) is 0 Å². The number of primary sulfonamides is 1. The minimum absolute atomic E-state index is 0.121. The van der Waals surface area contributed by atoms with Gasteiger partial charge in [-0.1, -0.05) is 30.3 Å². The minimum Gasteiger partial charge on any atom is -0.244 e. The fourth-order valence-corrected chi connectivity index (χ4v) is 3.50. The summed E-state index contributed by atoms with van der Waals surface area (Å²) < 4.78 is 24.3. The van der Waals surface area contributed by atoms with Crippen molar-refractivity contribution < 1.29 is 8.42 Å². The van der Waals surface area contributed by atoms with E-state index in [0.29, 0.717) is 5.56 Å². The Labute approximate surface area is 114 Å². The number of thiazole rings is 1. The largest absolute Gasteiger partial charge is 0.244 e. The molecule has 0 spiro atoms. The van der Waals surface area contributed by atoms with Crippen LogP contribution in [0.5, 0.6) is 0 Å². The number of rotatable bonds is 2. The van der Waals surface area contributed by atoms with Crippen LogP contribution in [-0.4, -0.2) is 13.4 Å². The molecule has 0 fully saturated rings. The zero-order chi connectivity index (χ0) is 13.5. The Balaban J connectivity index is 2.37. The molecular weight excluding hydrogens is 280 g/mol. The van der Waals surface area contributed by atoms with Crippen LogP contribution in [0, 0.1) is 0 Å². The molecule has 0 saturated heterocycles. The van der Waals surface area contributed by atoms with E-state index in [0.717, 1.165) is 15.8 Å². The summed E-state index contributed by atoms with van der Waals surface area (Å²) in [6, 6.07) is 12.4. The van der Waals surface area contributed by atoms with Gasteiger partial charge in [0.1, 0.15) is 0 Å². The third kappa shape index (κ3) is 2.14. The maximum atomic E-state index is 11.7. The lowest BCUT2D eigenvalue weighted by Crippen LogP contribution is -2.13. The van der Waals surface area contributed by atoms with Crippen molar-refractivity contribution in [3.05, 3.63) is 48.0 Å². The second-order valence-electron chi connectivity index (χ2n) is 4.05. The highest BCUT2D eigenvalue weighted by molar-refractivity contribution is 7.89. The van der Waals surface area contributed by atoms with Crippen molar-refractivity contribution in [1.82, 2.24) is 4.98 Å². The average Bonchev–Trinajstić information content (AvgIpc) is 2.85. The van der Waals surface area contributed by atoms with Gasteiger partial charge in [-0.15, -0.1) is 11.3 Å². The molecule has 0 aliphatic rings. The number of benzene rings is 2. The van der Waals surface area contributed by atoms with Crippen molar-refractivity contribution in [2.24, 2.45) is 5.14 Å². The number of nitrogens with two attached hydrogens (primary N) is 1. The van der Waals surface area contributed by atoms with Gasteiger partial charge in [0, 0.05) is 11.1 Å². The van der Waals surface area contributed by atoms with E-state index in [4.69, 9.17) is 5.14 Å². The number of hydrogen-bond acceptors (Lipinski definition) is 4. The molecule has 0 atom stereocenters. The van der Waals surface area contributed by atoms with Crippen molar-refractivity contribution in [3.63, 3.8) is 0 Å². The molecular formula is C13H10N2O2S2. The number of para-hydroxylation sites is 1. The van der Waals surface area contributed by atoms with Crippen LogP contribution in [0.4, 0.5) is 0 Å². The summed E-state index contributed by atoms with van der Waals surface area (Å²) in [4.78, 5) is 4.42. The zero-order valence-electron chi connectivity index (χ0n) is 9.78. The van der Waals surface area contributed by atoms with Gasteiger partial charge in [0.05, 0.1) is 20.6 Å². The fourth-order valence-electron chi connectivity index (χ4n) is 2.04. The normalized spacial score (nSPS) is 11.8. The summed E-state index contributed by atoms with van der Waals surface area (Å²) in [5.74, 6) is 0. The summed E-state index contributed by atoms with van der Waals surface area (Å²) >= 11 is 1.52. The molecule has 4 nitrogen and oxygen atoms in total. The summed E-state index contributed by atoms with van der Waals surface area (Å²) in [6.07, 6.45) is 0. The molecule has 0 aliphatic carbocycles. The number of fused-ring (bicyclic) bond motifs is 1. The molecule has 1 heterocycles. The minimum atomic E-state index is -3.76. The van der Waals surface area contributed by atoms with Gasteiger partial charge in [-0.2, -0.15) is 0 Å². The van der Waals surface area contributed by atoms with Gasteiger partial charge in [0.15, 0.2) is 0 Å². The van der Waals surface area contributed by atoms with Gasteiger partial charge in [-0.05, 0) is 12.1 Å². The lowest BCUT2D eigenvalue weighted by atomic mass is 10.0. The molecule has 96 valence electrons. The Kier molecular flexibility index (Phi) is 2.85. The average molecular weight is 290 g/mol. The van der Waals surface area contributed by atoms with Crippen LogP contribution >= 0.6 is 11.3 Å². The molecule has 3 aromatic rings. The van der Waals surface area contributed by atoms with E-state index < -0.39 is 10.0 Å². The zero-order valence-corrected chi connectivity index (χ0v) is 11.4. The Bertz CT molecular complexity index is 854. The van der Waals surface area contributed by atoms with E-state index >= 15 is 0 Å². The van der Waals surface area contributed by atoms with Crippen LogP contribution in [0.15, 0.2) is 52.9 Å². The maximum absolute atomic E-state index is 11.7. The molecule has 2 N–H and O–H groups in total. The number of aromatic nitrogens is 1. The van der Waals surface area contributed by atoms with E-state index in [2.05, 4.69) is 4.98 Å². The highest BCUT2D eigenvalue weighted by Crippen LogP contribution is 2.33. The number of hydrogen-bond donors (Lipinski definition) is 1. The van der Waals surface area contributed by atoms with E-state index in [1.165, 1.54) is 17.4 Å². The Morgan fingerprint density at radius 3 is 2.53 bits per heavy atom. The monoisotopic (exact) mass is 290 g/mol. The van der Waals surface area contributed by atoms with Crippen LogP contribution in [0.3, 0.4) is 0 Å². The van der Waals surface area contributed by atoms with Gasteiger partial charge in [0.2, 0.25) is 10.0 Å². The Hall–Kier alpha value is -1.76. The second-order valence-corrected chi connectivity index (χ2v) is 6.46. The number of nitrogens with zero attached hydrogens (tertiary/aromatic N) is 1. The van der Waals surface area contributed by atoms with Gasteiger partial charge < -0.3 is 0 Å². The first-order valence-corrected chi connectivity index (χ1v) is 7.94. The second kappa shape index (κ2) is 4.41. The van der Waals surface area contributed by atoms with Crippen LogP contribution in [0.2, 0.25) is 0 Å². The van der Waals surface area contributed by atoms with E-state index in [9.17, 15) is 8.42 Å². The van der Waals surface area contributed by atoms with Crippen molar-refractivity contribution in [2.45, 2.75) is 4.90 Å². The van der Waals surface area contributed by atoms with Gasteiger partial charge in [0.25, 0.3) is 0 Å². The molecule has 0 bridgehead atoms. The van der Waals surface area contributed by atoms with Gasteiger partial charge in [-0.25, -0.2) is 18.5 Å². The van der Waals surface area contributed by atoms with Crippen molar-refractivity contribution in [1.29, 1.82) is 0 Å². The molecule has 6 heteroatoms. The maximum Gasteiger partial charge on any atom is 0.238 e. The van der Waals surface area contributed by atoms with E-state index in [1.54, 1.807) is 23.7 Å². The van der Waals surface area contributed by atoms with Gasteiger partial charge in [-0.3, -0.25) is 0 Å². The predicted octanol–water partition coefficient (Wildman–Crippen LogP) is 2.61. The third-order valence-electron chi connectivity index (χ3n) is 2.84. The smallest absolute Gasteiger partial charge is 0.238 e. The van der Waals surface area contributed by atoms with Crippen molar-refractivity contribution >= 4 is 31.6 Å². The SMILES string of the molecule is NS(=O)(=O)c1ccccc1-c1cccc2scnc12. The summed E-state index contributed by atoms with van der Waals surface area (Å²) in [7, 11) is -3.76. The fraction of sp³-hybridized carbons (Fsp3) is 0. The van der Waals surface area contributed by atoms with E-state index in [-0.39, 0.29) is 4.90 Å². The summed E-state index contributed by atoms with van der Waals surface area (Å²) in [6.45, 7) is 0. The number of sulfonamides is 1. The standard InChI is InChI=1S/C13H10N2O2S2/c14-19(16,17)12-7-2-1-4-9(12)10-5-3-6-11-13(10)15-8-18-11/h1-8H,(H2,14,16,17). The lowest BCUT2D eigenvalue weighted by Gasteiger charge is -2.08. The van der Waals surface area contributed by atoms with Crippen LogP contribution < -0.4 is 5.14 Å². The first-order chi connectivity index (χ1) is 9.07. The Morgan fingerprint density at radius 2 is 1.74 bits per heavy atom. The lowest BCUT2D eigenvalue weighted by molar-refractivity contribution is 0.598. The molecule has 2 aromatic carbocycles. The van der Waals surface area contributed by atoms with E-state index in [1.807, 2.05) is 18.2 Å². The Morgan fingerprint density at radius 1 is 1.00 bits per heavy atom. The molecule has 1 aromatic heterocycles. The molecule has 19 heavy (non-hydrogen) atoms. The first kappa shape index (κ1) is 12.3. The molecule has 0 radical (unpaired) electrons. The van der Waals surface area contributed by atoms with Crippen LogP contribution in [0.25, 0.3) is 21.3 Å². The van der Waals surface area contributed by atoms with Crippen molar-refractivity contribution in [2.75, 3.05) is 0 Å².